The molecule has 8 atom stereocenters. The lowest BCUT2D eigenvalue weighted by Crippen LogP contribution is -2.70. The Morgan fingerprint density at radius 3 is 2.71 bits per heavy atom. The summed E-state index contributed by atoms with van der Waals surface area (Å²) in [6.07, 6.45) is 3.13. The van der Waals surface area contributed by atoms with Crippen molar-refractivity contribution in [2.75, 3.05) is 0 Å². The molecule has 136 valence electrons. The Morgan fingerprint density at radius 1 is 1.17 bits per heavy atom. The Kier molecular flexibility index (Phi) is 3.95. The van der Waals surface area contributed by atoms with E-state index >= 15 is 0 Å². The summed E-state index contributed by atoms with van der Waals surface area (Å²) >= 11 is 0. The fourth-order valence-corrected chi connectivity index (χ4v) is 5.22. The van der Waals surface area contributed by atoms with E-state index in [4.69, 9.17) is 24.0 Å². The van der Waals surface area contributed by atoms with Crippen LogP contribution in [0.4, 0.5) is 0 Å². The van der Waals surface area contributed by atoms with Crippen molar-refractivity contribution in [3.05, 3.63) is 0 Å². The van der Waals surface area contributed by atoms with Crippen LogP contribution in [0.25, 0.3) is 0 Å². The number of fused-ring (bicyclic) bond motifs is 2. The molecular formula is C18H28O6. The molecule has 1 spiro atoms. The first-order valence-corrected chi connectivity index (χ1v) is 9.29. The molecule has 4 aliphatic heterocycles. The van der Waals surface area contributed by atoms with Gasteiger partial charge in [-0.15, -0.1) is 0 Å². The number of hydrogen-bond donors (Lipinski definition) is 0. The number of carbonyl (C=O) groups is 1. The Balaban J connectivity index is 1.71. The van der Waals surface area contributed by atoms with Crippen molar-refractivity contribution in [3.8, 4) is 0 Å². The third-order valence-corrected chi connectivity index (χ3v) is 6.63. The van der Waals surface area contributed by atoms with Gasteiger partial charge in [-0.2, -0.15) is 0 Å². The van der Waals surface area contributed by atoms with Crippen LogP contribution in [0, 0.1) is 23.7 Å². The van der Waals surface area contributed by atoms with Gasteiger partial charge in [0.05, 0.1) is 0 Å². The van der Waals surface area contributed by atoms with Crippen LogP contribution in [-0.4, -0.2) is 29.9 Å². The van der Waals surface area contributed by atoms with Crippen molar-refractivity contribution in [2.45, 2.75) is 83.8 Å². The molecule has 0 aromatic rings. The van der Waals surface area contributed by atoms with Gasteiger partial charge in [0.2, 0.25) is 12.1 Å². The summed E-state index contributed by atoms with van der Waals surface area (Å²) in [4.78, 5) is 23.6. The van der Waals surface area contributed by atoms with Gasteiger partial charge in [-0.25, -0.2) is 9.78 Å². The minimum atomic E-state index is -0.794. The van der Waals surface area contributed by atoms with Crippen LogP contribution in [0.1, 0.15) is 59.8 Å². The Hall–Kier alpha value is -0.690. The summed E-state index contributed by atoms with van der Waals surface area (Å²) in [7, 11) is 0. The third kappa shape index (κ3) is 2.26. The van der Waals surface area contributed by atoms with Gasteiger partial charge >= 0.3 is 5.97 Å². The Bertz CT molecular complexity index is 524. The maximum atomic E-state index is 11.8. The minimum Gasteiger partial charge on any atom is -0.435 e. The predicted molar refractivity (Wildman–Crippen MR) is 83.2 cm³/mol. The number of ether oxygens (including phenoxy) is 3. The molecule has 4 heterocycles. The molecular weight excluding hydrogens is 312 g/mol. The molecule has 2 bridgehead atoms. The largest absolute Gasteiger partial charge is 0.435 e. The lowest BCUT2D eigenvalue weighted by molar-refractivity contribution is -0.576. The highest BCUT2D eigenvalue weighted by atomic mass is 17.3. The van der Waals surface area contributed by atoms with E-state index in [1.165, 1.54) is 0 Å². The molecule has 24 heavy (non-hydrogen) atoms. The molecule has 5 aliphatic rings. The number of esters is 1. The predicted octanol–water partition coefficient (Wildman–Crippen LogP) is 3.15. The fraction of sp³-hybridized carbons (Fsp3) is 0.944. The van der Waals surface area contributed by atoms with Crippen LogP contribution in [0.15, 0.2) is 0 Å². The van der Waals surface area contributed by atoms with Crippen molar-refractivity contribution < 1.29 is 28.8 Å². The van der Waals surface area contributed by atoms with Gasteiger partial charge in [0, 0.05) is 24.7 Å². The van der Waals surface area contributed by atoms with Gasteiger partial charge in [0.1, 0.15) is 0 Å². The first kappa shape index (κ1) is 16.8. The van der Waals surface area contributed by atoms with E-state index < -0.39 is 24.0 Å². The summed E-state index contributed by atoms with van der Waals surface area (Å²) in [5.74, 6) is 0.0527. The van der Waals surface area contributed by atoms with E-state index in [1.807, 2.05) is 6.92 Å². The summed E-state index contributed by atoms with van der Waals surface area (Å²) in [6, 6.07) is 0. The highest BCUT2D eigenvalue weighted by molar-refractivity contribution is 5.69. The molecule has 6 nitrogen and oxygen atoms in total. The maximum absolute atomic E-state index is 11.8. The first-order chi connectivity index (χ1) is 11.4. The van der Waals surface area contributed by atoms with Gasteiger partial charge in [-0.3, -0.25) is 4.79 Å². The smallest absolute Gasteiger partial charge is 0.307 e. The summed E-state index contributed by atoms with van der Waals surface area (Å²) in [6.45, 7) is 8.05. The number of carbonyl (C=O) groups excluding carboxylic acids is 1. The minimum absolute atomic E-state index is 0.0430. The molecule has 0 radical (unpaired) electrons. The molecule has 1 aliphatic carbocycles. The topological polar surface area (TPSA) is 63.2 Å². The average Bonchev–Trinajstić information content (AvgIpc) is 2.78. The maximum Gasteiger partial charge on any atom is 0.307 e. The van der Waals surface area contributed by atoms with Gasteiger partial charge in [-0.05, 0) is 38.0 Å². The van der Waals surface area contributed by atoms with E-state index in [9.17, 15) is 4.79 Å². The Labute approximate surface area is 143 Å². The molecule has 5 fully saturated rings. The van der Waals surface area contributed by atoms with Crippen LogP contribution >= 0.6 is 0 Å². The molecule has 0 N–H and O–H groups in total. The van der Waals surface area contributed by atoms with Crippen LogP contribution in [0.3, 0.4) is 0 Å². The second-order valence-corrected chi connectivity index (χ2v) is 8.12. The van der Waals surface area contributed by atoms with Crippen molar-refractivity contribution >= 4 is 5.97 Å². The van der Waals surface area contributed by atoms with Crippen LogP contribution in [0.2, 0.25) is 0 Å². The van der Waals surface area contributed by atoms with Gasteiger partial charge < -0.3 is 14.2 Å². The van der Waals surface area contributed by atoms with Crippen LogP contribution in [-0.2, 0) is 28.8 Å². The second kappa shape index (κ2) is 5.66. The normalized spacial score (nSPS) is 53.2. The van der Waals surface area contributed by atoms with E-state index in [0.29, 0.717) is 18.3 Å². The quantitative estimate of drug-likeness (QED) is 0.568. The molecule has 1 saturated carbocycles. The summed E-state index contributed by atoms with van der Waals surface area (Å²) < 4.78 is 17.9. The zero-order valence-electron chi connectivity index (χ0n) is 14.9. The molecule has 5 rings (SSSR count). The van der Waals surface area contributed by atoms with Crippen molar-refractivity contribution in [2.24, 2.45) is 23.7 Å². The number of hydrogen-bond acceptors (Lipinski definition) is 6. The molecule has 4 saturated heterocycles. The highest BCUT2D eigenvalue weighted by Gasteiger charge is 2.69. The second-order valence-electron chi connectivity index (χ2n) is 8.12. The van der Waals surface area contributed by atoms with E-state index in [-0.39, 0.29) is 17.8 Å². The average molecular weight is 340 g/mol. The lowest BCUT2D eigenvalue weighted by atomic mass is 9.58. The SMILES string of the molecule is CCC(=O)O[C@@H]1OC2OC3(C)CCC4C(C)CCC(C1C)C24OO3. The zero-order chi connectivity index (χ0) is 17.1. The molecule has 6 heteroatoms. The molecule has 7 unspecified atom stereocenters. The van der Waals surface area contributed by atoms with Gasteiger partial charge in [-0.1, -0.05) is 20.8 Å². The molecule has 0 aromatic carbocycles. The summed E-state index contributed by atoms with van der Waals surface area (Å²) in [5, 5.41) is 0. The molecule has 0 aromatic heterocycles. The zero-order valence-corrected chi connectivity index (χ0v) is 14.9. The van der Waals surface area contributed by atoms with Crippen molar-refractivity contribution in [3.63, 3.8) is 0 Å². The van der Waals surface area contributed by atoms with Crippen LogP contribution < -0.4 is 0 Å². The van der Waals surface area contributed by atoms with Crippen molar-refractivity contribution in [1.82, 2.24) is 0 Å². The fourth-order valence-electron chi connectivity index (χ4n) is 5.22. The highest BCUT2D eigenvalue weighted by Crippen LogP contribution is 2.60. The Morgan fingerprint density at radius 2 is 1.96 bits per heavy atom. The van der Waals surface area contributed by atoms with E-state index in [0.717, 1.165) is 25.7 Å². The van der Waals surface area contributed by atoms with Crippen LogP contribution in [0.5, 0.6) is 0 Å². The van der Waals surface area contributed by atoms with Gasteiger partial charge in [0.25, 0.3) is 0 Å². The van der Waals surface area contributed by atoms with Crippen molar-refractivity contribution in [1.29, 1.82) is 0 Å². The third-order valence-electron chi connectivity index (χ3n) is 6.63. The monoisotopic (exact) mass is 340 g/mol. The van der Waals surface area contributed by atoms with E-state index in [1.54, 1.807) is 6.92 Å². The standard InChI is InChI=1S/C18H28O6/c1-5-14(19)20-15-11(3)13-7-6-10(2)12-8-9-17(4)22-16(21-15)18(12,13)24-23-17/h10-13,15-16H,5-9H2,1-4H3/t10?,11?,12?,13?,15-,16?,17?,18?/m1/s1. The lowest BCUT2D eigenvalue weighted by Gasteiger charge is -2.59. The number of rotatable bonds is 2. The van der Waals surface area contributed by atoms with E-state index in [2.05, 4.69) is 13.8 Å². The first-order valence-electron chi connectivity index (χ1n) is 9.29. The molecule has 0 amide bonds. The summed E-state index contributed by atoms with van der Waals surface area (Å²) in [5.41, 5.74) is -0.595. The van der Waals surface area contributed by atoms with Gasteiger partial charge in [0.15, 0.2) is 11.9 Å².